The third-order valence-electron chi connectivity index (χ3n) is 3.50. The van der Waals surface area contributed by atoms with Crippen LogP contribution in [0.1, 0.15) is 17.0 Å². The fourth-order valence-electron chi connectivity index (χ4n) is 2.13. The van der Waals surface area contributed by atoms with E-state index in [2.05, 4.69) is 20.5 Å². The predicted molar refractivity (Wildman–Crippen MR) is 102 cm³/mol. The molecule has 26 heavy (non-hydrogen) atoms. The summed E-state index contributed by atoms with van der Waals surface area (Å²) in [4.78, 5) is 16.3. The molecule has 0 spiro atoms. The molecule has 0 unspecified atom stereocenters. The van der Waals surface area contributed by atoms with Crippen LogP contribution < -0.4 is 5.32 Å². The van der Waals surface area contributed by atoms with Crippen LogP contribution in [-0.4, -0.2) is 26.8 Å². The molecule has 0 aliphatic carbocycles. The van der Waals surface area contributed by atoms with Crippen molar-refractivity contribution in [1.82, 2.24) is 15.2 Å². The Morgan fingerprint density at radius 1 is 1.23 bits per heavy atom. The van der Waals surface area contributed by atoms with Crippen molar-refractivity contribution in [2.45, 2.75) is 12.1 Å². The lowest BCUT2D eigenvalue weighted by Gasteiger charge is -2.05. The van der Waals surface area contributed by atoms with E-state index in [-0.39, 0.29) is 17.5 Å². The molecule has 0 bridgehead atoms. The van der Waals surface area contributed by atoms with E-state index in [1.165, 1.54) is 17.8 Å². The zero-order valence-electron chi connectivity index (χ0n) is 14.1. The first kappa shape index (κ1) is 17.9. The number of carbonyl (C=O) groups is 1. The van der Waals surface area contributed by atoms with Gasteiger partial charge in [0.05, 0.1) is 5.75 Å². The number of hydrogen-bond acceptors (Lipinski definition) is 4. The van der Waals surface area contributed by atoms with Gasteiger partial charge < -0.3 is 5.32 Å². The lowest BCUT2D eigenvalue weighted by Crippen LogP contribution is -2.14. The largest absolute Gasteiger partial charge is 0.325 e. The Kier molecular flexibility index (Phi) is 5.80. The average Bonchev–Trinajstić information content (AvgIpc) is 3.10. The van der Waals surface area contributed by atoms with E-state index in [0.717, 1.165) is 5.56 Å². The van der Waals surface area contributed by atoms with Crippen molar-refractivity contribution < 1.29 is 9.18 Å². The normalized spacial score (nSPS) is 11.0. The highest BCUT2D eigenvalue weighted by Crippen LogP contribution is 2.16. The van der Waals surface area contributed by atoms with Gasteiger partial charge in [-0.2, -0.15) is 0 Å². The Bertz CT molecular complexity index is 924. The molecule has 7 heteroatoms. The van der Waals surface area contributed by atoms with E-state index in [4.69, 9.17) is 0 Å². The summed E-state index contributed by atoms with van der Waals surface area (Å²) >= 11 is 1.20. The van der Waals surface area contributed by atoms with Crippen LogP contribution in [0.3, 0.4) is 0 Å². The summed E-state index contributed by atoms with van der Waals surface area (Å²) in [6, 6.07) is 14.4. The molecular formula is C19H17FN4OS. The van der Waals surface area contributed by atoms with E-state index in [9.17, 15) is 9.18 Å². The molecule has 0 aliphatic rings. The smallest absolute Gasteiger partial charge is 0.234 e. The van der Waals surface area contributed by atoms with Crippen LogP contribution in [0.4, 0.5) is 10.1 Å². The molecule has 0 saturated heterocycles. The first-order valence-electron chi connectivity index (χ1n) is 7.94. The van der Waals surface area contributed by atoms with Gasteiger partial charge in [-0.25, -0.2) is 9.37 Å². The van der Waals surface area contributed by atoms with Crippen LogP contribution in [0.5, 0.6) is 0 Å². The number of thioether (sulfide) groups is 1. The second-order valence-electron chi connectivity index (χ2n) is 5.55. The van der Waals surface area contributed by atoms with Crippen LogP contribution in [0.2, 0.25) is 0 Å². The van der Waals surface area contributed by atoms with E-state index in [1.54, 1.807) is 19.1 Å². The number of H-pyrrole nitrogens is 1. The Hall–Kier alpha value is -2.93. The molecule has 2 aromatic carbocycles. The molecule has 3 aromatic rings. The molecule has 0 atom stereocenters. The zero-order valence-corrected chi connectivity index (χ0v) is 14.9. The van der Waals surface area contributed by atoms with Crippen molar-refractivity contribution in [3.05, 3.63) is 71.3 Å². The standard InChI is InChI=1S/C19H17FN4OS/c1-13-7-9-15(11-16(13)20)21-18(25)12-26-19-22-17(23-24-19)10-8-14-5-3-2-4-6-14/h2-11H,12H2,1H3,(H,21,25)(H,22,23,24)/b10-8+. The molecule has 0 fully saturated rings. The monoisotopic (exact) mass is 368 g/mol. The van der Waals surface area contributed by atoms with Crippen LogP contribution in [0.25, 0.3) is 12.2 Å². The van der Waals surface area contributed by atoms with Crippen molar-refractivity contribution in [3.63, 3.8) is 0 Å². The molecule has 132 valence electrons. The van der Waals surface area contributed by atoms with E-state index in [0.29, 0.717) is 22.2 Å². The minimum atomic E-state index is -0.348. The van der Waals surface area contributed by atoms with Gasteiger partial charge in [0, 0.05) is 5.69 Å². The summed E-state index contributed by atoms with van der Waals surface area (Å²) in [5.41, 5.74) is 2.03. The Morgan fingerprint density at radius 2 is 2.04 bits per heavy atom. The number of nitrogens with one attached hydrogen (secondary N) is 2. The second-order valence-corrected chi connectivity index (χ2v) is 6.49. The maximum atomic E-state index is 13.5. The molecule has 1 amide bonds. The fourth-order valence-corrected chi connectivity index (χ4v) is 2.74. The minimum absolute atomic E-state index is 0.134. The van der Waals surface area contributed by atoms with Crippen molar-refractivity contribution >= 4 is 35.5 Å². The van der Waals surface area contributed by atoms with Gasteiger partial charge in [0.25, 0.3) is 0 Å². The van der Waals surface area contributed by atoms with Crippen LogP contribution in [0.15, 0.2) is 53.7 Å². The van der Waals surface area contributed by atoms with Crippen molar-refractivity contribution in [3.8, 4) is 0 Å². The van der Waals surface area contributed by atoms with Crippen LogP contribution in [0, 0.1) is 12.7 Å². The third kappa shape index (κ3) is 5.03. The maximum absolute atomic E-state index is 13.5. The van der Waals surface area contributed by atoms with Crippen LogP contribution >= 0.6 is 11.8 Å². The number of aromatic nitrogens is 3. The molecule has 3 rings (SSSR count). The fraction of sp³-hybridized carbons (Fsp3) is 0.105. The average molecular weight is 368 g/mol. The highest BCUT2D eigenvalue weighted by Gasteiger charge is 2.08. The molecule has 1 aromatic heterocycles. The third-order valence-corrected chi connectivity index (χ3v) is 4.35. The highest BCUT2D eigenvalue weighted by molar-refractivity contribution is 7.99. The number of nitrogens with zero attached hydrogens (tertiary/aromatic N) is 2. The summed E-state index contributed by atoms with van der Waals surface area (Å²) < 4.78 is 13.5. The SMILES string of the molecule is Cc1ccc(NC(=O)CSc2n[nH]c(/C=C/c3ccccc3)n2)cc1F. The zero-order chi connectivity index (χ0) is 18.4. The molecule has 0 saturated carbocycles. The van der Waals surface area contributed by atoms with E-state index >= 15 is 0 Å². The summed E-state index contributed by atoms with van der Waals surface area (Å²) in [5, 5.41) is 10.0. The molecule has 0 radical (unpaired) electrons. The quantitative estimate of drug-likeness (QED) is 0.641. The number of hydrogen-bond donors (Lipinski definition) is 2. The number of benzene rings is 2. The highest BCUT2D eigenvalue weighted by atomic mass is 32.2. The number of carbonyl (C=O) groups excluding carboxylic acids is 1. The maximum Gasteiger partial charge on any atom is 0.234 e. The van der Waals surface area contributed by atoms with Gasteiger partial charge in [-0.1, -0.05) is 54.2 Å². The predicted octanol–water partition coefficient (Wildman–Crippen LogP) is 4.15. The molecule has 5 nitrogen and oxygen atoms in total. The second kappa shape index (κ2) is 8.44. The van der Waals surface area contributed by atoms with Gasteiger partial charge in [-0.3, -0.25) is 9.89 Å². The van der Waals surface area contributed by atoms with Gasteiger partial charge in [-0.05, 0) is 36.3 Å². The molecule has 0 aliphatic heterocycles. The summed E-state index contributed by atoms with van der Waals surface area (Å²) in [6.45, 7) is 1.67. The molecular weight excluding hydrogens is 351 g/mol. The van der Waals surface area contributed by atoms with Crippen molar-refractivity contribution in [2.24, 2.45) is 0 Å². The molecule has 2 N–H and O–H groups in total. The Morgan fingerprint density at radius 3 is 2.81 bits per heavy atom. The van der Waals surface area contributed by atoms with Gasteiger partial charge in [-0.15, -0.1) is 5.10 Å². The van der Waals surface area contributed by atoms with E-state index in [1.807, 2.05) is 42.5 Å². The number of amides is 1. The number of anilines is 1. The number of rotatable bonds is 6. The van der Waals surface area contributed by atoms with Gasteiger partial charge in [0.1, 0.15) is 11.6 Å². The summed E-state index contributed by atoms with van der Waals surface area (Å²) in [7, 11) is 0. The number of halogens is 1. The Labute approximate surface area is 154 Å². The topological polar surface area (TPSA) is 70.7 Å². The van der Waals surface area contributed by atoms with E-state index < -0.39 is 0 Å². The number of aryl methyl sites for hydroxylation is 1. The summed E-state index contributed by atoms with van der Waals surface area (Å²) in [5.74, 6) is 0.149. The van der Waals surface area contributed by atoms with Crippen LogP contribution in [-0.2, 0) is 4.79 Å². The first-order chi connectivity index (χ1) is 12.6. The first-order valence-corrected chi connectivity index (χ1v) is 8.93. The van der Waals surface area contributed by atoms with Gasteiger partial charge in [0.2, 0.25) is 11.1 Å². The lowest BCUT2D eigenvalue weighted by atomic mass is 10.2. The number of aromatic amines is 1. The van der Waals surface area contributed by atoms with Gasteiger partial charge >= 0.3 is 0 Å². The van der Waals surface area contributed by atoms with Gasteiger partial charge in [0.15, 0.2) is 0 Å². The minimum Gasteiger partial charge on any atom is -0.325 e. The molecule has 1 heterocycles. The van der Waals surface area contributed by atoms with Crippen molar-refractivity contribution in [1.29, 1.82) is 0 Å². The Balaban J connectivity index is 1.52. The summed E-state index contributed by atoms with van der Waals surface area (Å²) in [6.07, 6.45) is 3.75. The van der Waals surface area contributed by atoms with Crippen molar-refractivity contribution in [2.75, 3.05) is 11.1 Å². The lowest BCUT2D eigenvalue weighted by molar-refractivity contribution is -0.113.